The lowest BCUT2D eigenvalue weighted by Crippen LogP contribution is -2.53. The minimum atomic E-state index is -4.78. The molecule has 0 spiro atoms. The summed E-state index contributed by atoms with van der Waals surface area (Å²) in [6.45, 7) is 2.60. The highest BCUT2D eigenvalue weighted by Gasteiger charge is 2.62. The summed E-state index contributed by atoms with van der Waals surface area (Å²) in [5, 5.41) is 0. The van der Waals surface area contributed by atoms with Gasteiger partial charge in [0, 0.05) is 0 Å². The highest BCUT2D eigenvalue weighted by atomic mass is 19.3. The molecule has 1 unspecified atom stereocenters. The van der Waals surface area contributed by atoms with Crippen molar-refractivity contribution in [3.8, 4) is 0 Å². The molecule has 0 saturated carbocycles. The van der Waals surface area contributed by atoms with Crippen LogP contribution in [0.2, 0.25) is 0 Å². The van der Waals surface area contributed by atoms with Crippen molar-refractivity contribution < 1.29 is 31.1 Å². The SMILES string of the molecule is CCCC(C)(F)C(F)(F)OC(F)(F)C(C)(C)F. The first kappa shape index (κ1) is 16.5. The molecule has 1 nitrogen and oxygen atoms in total. The van der Waals surface area contributed by atoms with Crippen molar-refractivity contribution in [3.05, 3.63) is 0 Å². The van der Waals surface area contributed by atoms with E-state index in [1.54, 1.807) is 0 Å². The molecule has 0 radical (unpaired) electrons. The highest BCUT2D eigenvalue weighted by molar-refractivity contribution is 4.87. The molecule has 17 heavy (non-hydrogen) atoms. The van der Waals surface area contributed by atoms with Crippen molar-refractivity contribution in [2.24, 2.45) is 0 Å². The Labute approximate surface area is 96.1 Å². The van der Waals surface area contributed by atoms with Crippen molar-refractivity contribution in [1.82, 2.24) is 0 Å². The third kappa shape index (κ3) is 3.76. The van der Waals surface area contributed by atoms with E-state index >= 15 is 0 Å². The first-order valence-electron chi connectivity index (χ1n) is 5.10. The van der Waals surface area contributed by atoms with Crippen LogP contribution in [0.15, 0.2) is 0 Å². The molecule has 0 aromatic rings. The van der Waals surface area contributed by atoms with Crippen molar-refractivity contribution >= 4 is 0 Å². The maximum Gasteiger partial charge on any atom is 0.393 e. The molecule has 7 heteroatoms. The van der Waals surface area contributed by atoms with E-state index in [9.17, 15) is 26.3 Å². The Morgan fingerprint density at radius 1 is 0.824 bits per heavy atom. The average molecular weight is 266 g/mol. The molecule has 0 aliphatic rings. The van der Waals surface area contributed by atoms with Gasteiger partial charge in [0.1, 0.15) is 0 Å². The predicted octanol–water partition coefficient (Wildman–Crippen LogP) is 4.47. The molecule has 0 rings (SSSR count). The normalized spacial score (nSPS) is 18.0. The fraction of sp³-hybridized carbons (Fsp3) is 1.00. The van der Waals surface area contributed by atoms with Crippen LogP contribution in [0.4, 0.5) is 26.3 Å². The monoisotopic (exact) mass is 266 g/mol. The van der Waals surface area contributed by atoms with E-state index in [2.05, 4.69) is 4.74 Å². The van der Waals surface area contributed by atoms with Crippen LogP contribution in [0, 0.1) is 0 Å². The molecule has 0 amide bonds. The van der Waals surface area contributed by atoms with E-state index in [0.29, 0.717) is 20.8 Å². The van der Waals surface area contributed by atoms with Gasteiger partial charge in [0.15, 0.2) is 11.3 Å². The summed E-state index contributed by atoms with van der Waals surface area (Å²) in [5.74, 6) is 0. The van der Waals surface area contributed by atoms with Gasteiger partial charge in [0.2, 0.25) is 0 Å². The van der Waals surface area contributed by atoms with E-state index in [-0.39, 0.29) is 6.42 Å². The van der Waals surface area contributed by atoms with Crippen LogP contribution in [-0.2, 0) is 4.74 Å². The summed E-state index contributed by atoms with van der Waals surface area (Å²) >= 11 is 0. The molecule has 0 aliphatic carbocycles. The molecule has 0 heterocycles. The van der Waals surface area contributed by atoms with Crippen LogP contribution in [0.25, 0.3) is 0 Å². The summed E-state index contributed by atoms with van der Waals surface area (Å²) in [4.78, 5) is 0. The number of rotatable bonds is 6. The second-order valence-corrected chi connectivity index (χ2v) is 4.56. The minimum absolute atomic E-state index is 0.0105. The van der Waals surface area contributed by atoms with E-state index in [1.807, 2.05) is 0 Å². The lowest BCUT2D eigenvalue weighted by molar-refractivity contribution is -0.433. The summed E-state index contributed by atoms with van der Waals surface area (Å²) in [5.41, 5.74) is -6.62. The smallest absolute Gasteiger partial charge is 0.250 e. The Bertz CT molecular complexity index is 256. The van der Waals surface area contributed by atoms with Gasteiger partial charge in [-0.05, 0) is 27.2 Å². The Kier molecular flexibility index (Phi) is 4.54. The molecule has 0 saturated heterocycles. The largest absolute Gasteiger partial charge is 0.393 e. The molecule has 104 valence electrons. The number of ether oxygens (including phenoxy) is 1. The van der Waals surface area contributed by atoms with Crippen LogP contribution in [0.5, 0.6) is 0 Å². The second-order valence-electron chi connectivity index (χ2n) is 4.56. The first-order valence-corrected chi connectivity index (χ1v) is 5.10. The molecule has 0 aromatic carbocycles. The van der Waals surface area contributed by atoms with Crippen LogP contribution < -0.4 is 0 Å². The van der Waals surface area contributed by atoms with E-state index in [0.717, 1.165) is 0 Å². The van der Waals surface area contributed by atoms with Gasteiger partial charge < -0.3 is 0 Å². The van der Waals surface area contributed by atoms with Crippen LogP contribution in [0.3, 0.4) is 0 Å². The molecule has 0 N–H and O–H groups in total. The number of alkyl halides is 6. The maximum absolute atomic E-state index is 13.5. The molecule has 0 fully saturated rings. The lowest BCUT2D eigenvalue weighted by Gasteiger charge is -2.35. The fourth-order valence-electron chi connectivity index (χ4n) is 1.00. The maximum atomic E-state index is 13.5. The van der Waals surface area contributed by atoms with Crippen molar-refractivity contribution in [1.29, 1.82) is 0 Å². The summed E-state index contributed by atoms with van der Waals surface area (Å²) < 4.78 is 81.7. The molecular weight excluding hydrogens is 250 g/mol. The standard InChI is InChI=1S/C10H16F6O/c1-5-6-8(4,12)10(15,16)17-9(13,14)7(2,3)11/h5-6H2,1-4H3. The van der Waals surface area contributed by atoms with Gasteiger partial charge in [-0.3, -0.25) is 4.74 Å². The Balaban J connectivity index is 4.99. The second kappa shape index (κ2) is 4.66. The Morgan fingerprint density at radius 2 is 1.24 bits per heavy atom. The highest BCUT2D eigenvalue weighted by Crippen LogP contribution is 2.44. The fourth-order valence-corrected chi connectivity index (χ4v) is 1.00. The minimum Gasteiger partial charge on any atom is -0.250 e. The van der Waals surface area contributed by atoms with Gasteiger partial charge in [-0.1, -0.05) is 13.3 Å². The third-order valence-corrected chi connectivity index (χ3v) is 2.27. The van der Waals surface area contributed by atoms with Gasteiger partial charge in [-0.15, -0.1) is 0 Å². The predicted molar refractivity (Wildman–Crippen MR) is 50.6 cm³/mol. The zero-order valence-corrected chi connectivity index (χ0v) is 10.1. The van der Waals surface area contributed by atoms with Crippen molar-refractivity contribution in [2.45, 2.75) is 64.1 Å². The van der Waals surface area contributed by atoms with Gasteiger partial charge >= 0.3 is 12.2 Å². The lowest BCUT2D eigenvalue weighted by atomic mass is 10.0. The summed E-state index contributed by atoms with van der Waals surface area (Å²) in [7, 11) is 0. The zero-order chi connectivity index (χ0) is 14.1. The molecule has 1 atom stereocenters. The van der Waals surface area contributed by atoms with Gasteiger partial charge in [0.05, 0.1) is 0 Å². The summed E-state index contributed by atoms with van der Waals surface area (Å²) in [6.07, 6.45) is -10.2. The zero-order valence-electron chi connectivity index (χ0n) is 10.1. The van der Waals surface area contributed by atoms with E-state index in [1.165, 1.54) is 6.92 Å². The van der Waals surface area contributed by atoms with Crippen molar-refractivity contribution in [3.63, 3.8) is 0 Å². The molecule has 0 aliphatic heterocycles. The number of halogens is 6. The Morgan fingerprint density at radius 3 is 1.53 bits per heavy atom. The quantitative estimate of drug-likeness (QED) is 0.645. The van der Waals surface area contributed by atoms with E-state index < -0.39 is 30.0 Å². The van der Waals surface area contributed by atoms with E-state index in [4.69, 9.17) is 0 Å². The van der Waals surface area contributed by atoms with Gasteiger partial charge in [-0.2, -0.15) is 17.6 Å². The van der Waals surface area contributed by atoms with Crippen molar-refractivity contribution in [2.75, 3.05) is 0 Å². The van der Waals surface area contributed by atoms with Crippen LogP contribution in [0.1, 0.15) is 40.5 Å². The number of hydrogen-bond donors (Lipinski definition) is 0. The summed E-state index contributed by atoms with van der Waals surface area (Å²) in [6, 6.07) is 0. The topological polar surface area (TPSA) is 9.23 Å². The molecule has 0 aromatic heterocycles. The molecule has 0 bridgehead atoms. The Hall–Kier alpha value is -0.460. The third-order valence-electron chi connectivity index (χ3n) is 2.27. The molecular formula is C10H16F6O. The number of hydrogen-bond acceptors (Lipinski definition) is 1. The van der Waals surface area contributed by atoms with Gasteiger partial charge in [0.25, 0.3) is 0 Å². The van der Waals surface area contributed by atoms with Crippen LogP contribution >= 0.6 is 0 Å². The first-order chi connectivity index (χ1) is 7.27. The van der Waals surface area contributed by atoms with Gasteiger partial charge in [-0.25, -0.2) is 8.78 Å². The van der Waals surface area contributed by atoms with Crippen LogP contribution in [-0.4, -0.2) is 23.6 Å². The average Bonchev–Trinajstić information content (AvgIpc) is 1.98.